The molecule has 3 aliphatic heterocycles. The molecule has 3 aliphatic rings. The Balaban J connectivity index is 1.39. The molecule has 1 atom stereocenters. The zero-order valence-corrected chi connectivity index (χ0v) is 21.6. The Morgan fingerprint density at radius 2 is 1.71 bits per heavy atom. The lowest BCUT2D eigenvalue weighted by Crippen LogP contribution is -2.33. The van der Waals surface area contributed by atoms with Crippen LogP contribution < -0.4 is 19.4 Å². The summed E-state index contributed by atoms with van der Waals surface area (Å²) in [5.41, 5.74) is 2.91. The number of furan rings is 1. The van der Waals surface area contributed by atoms with Crippen molar-refractivity contribution in [3.63, 3.8) is 0 Å². The highest BCUT2D eigenvalue weighted by Gasteiger charge is 2.48. The SMILES string of the molecule is CC1CCN(c2ccc(N3C(=O)C(=O)/C(=C(\O)c4ccc5c(c4)N(C)CCO5)C3c3ccco3)cc2)CC1. The molecule has 1 unspecified atom stereocenters. The number of aliphatic hydroxyl groups excluding tert-OH is 1. The molecular formula is C30H31N3O5. The van der Waals surface area contributed by atoms with E-state index in [-0.39, 0.29) is 11.3 Å². The quantitative estimate of drug-likeness (QED) is 0.299. The van der Waals surface area contributed by atoms with Gasteiger partial charge in [0.05, 0.1) is 24.1 Å². The normalized spacial score (nSPS) is 21.5. The van der Waals surface area contributed by atoms with E-state index in [0.717, 1.165) is 43.2 Å². The molecule has 38 heavy (non-hydrogen) atoms. The lowest BCUT2D eigenvalue weighted by Gasteiger charge is -2.32. The van der Waals surface area contributed by atoms with Gasteiger partial charge in [0.2, 0.25) is 0 Å². The van der Waals surface area contributed by atoms with E-state index in [0.29, 0.717) is 35.9 Å². The van der Waals surface area contributed by atoms with Crippen molar-refractivity contribution in [1.82, 2.24) is 0 Å². The number of ether oxygens (including phenoxy) is 1. The molecule has 0 spiro atoms. The Kier molecular flexibility index (Phi) is 6.10. The van der Waals surface area contributed by atoms with Crippen molar-refractivity contribution < 1.29 is 23.8 Å². The number of carbonyl (C=O) groups excluding carboxylic acids is 2. The maximum atomic E-state index is 13.4. The molecule has 196 valence electrons. The fourth-order valence-electron chi connectivity index (χ4n) is 5.56. The smallest absolute Gasteiger partial charge is 0.300 e. The van der Waals surface area contributed by atoms with Crippen LogP contribution in [0.2, 0.25) is 0 Å². The summed E-state index contributed by atoms with van der Waals surface area (Å²) in [6, 6.07) is 15.5. The number of aliphatic hydroxyl groups is 1. The number of fused-ring (bicyclic) bond motifs is 1. The number of likely N-dealkylation sites (N-methyl/N-ethyl adjacent to an activating group) is 1. The lowest BCUT2D eigenvalue weighted by atomic mass is 9.98. The van der Waals surface area contributed by atoms with E-state index in [1.807, 2.05) is 36.2 Å². The fraction of sp³-hybridized carbons (Fsp3) is 0.333. The first-order chi connectivity index (χ1) is 18.4. The summed E-state index contributed by atoms with van der Waals surface area (Å²) in [5, 5.41) is 11.4. The summed E-state index contributed by atoms with van der Waals surface area (Å²) in [6.07, 6.45) is 3.81. The molecule has 1 N–H and O–H groups in total. The van der Waals surface area contributed by atoms with Crippen LogP contribution in [0.1, 0.15) is 37.1 Å². The molecule has 0 bridgehead atoms. The molecule has 8 nitrogen and oxygen atoms in total. The third-order valence-electron chi connectivity index (χ3n) is 7.86. The lowest BCUT2D eigenvalue weighted by molar-refractivity contribution is -0.132. The van der Waals surface area contributed by atoms with E-state index in [1.165, 1.54) is 11.2 Å². The van der Waals surface area contributed by atoms with Gasteiger partial charge in [-0.1, -0.05) is 6.92 Å². The molecule has 0 aliphatic carbocycles. The topological polar surface area (TPSA) is 86.5 Å². The van der Waals surface area contributed by atoms with Gasteiger partial charge in [-0.25, -0.2) is 0 Å². The van der Waals surface area contributed by atoms with Crippen LogP contribution in [0.25, 0.3) is 5.76 Å². The maximum Gasteiger partial charge on any atom is 0.300 e. The van der Waals surface area contributed by atoms with Crippen molar-refractivity contribution in [3.8, 4) is 5.75 Å². The molecule has 2 saturated heterocycles. The number of Topliss-reactive ketones (excluding diaryl/α,β-unsaturated/α-hetero) is 1. The molecule has 6 rings (SSSR count). The van der Waals surface area contributed by atoms with E-state index in [9.17, 15) is 14.7 Å². The molecule has 0 radical (unpaired) electrons. The number of rotatable bonds is 4. The van der Waals surface area contributed by atoms with Gasteiger partial charge in [0.25, 0.3) is 11.7 Å². The molecule has 2 aromatic carbocycles. The van der Waals surface area contributed by atoms with Crippen LogP contribution in [0.15, 0.2) is 70.9 Å². The van der Waals surface area contributed by atoms with Gasteiger partial charge >= 0.3 is 0 Å². The average molecular weight is 514 g/mol. The van der Waals surface area contributed by atoms with Crippen molar-refractivity contribution in [1.29, 1.82) is 0 Å². The monoisotopic (exact) mass is 513 g/mol. The van der Waals surface area contributed by atoms with Crippen molar-refractivity contribution in [2.24, 2.45) is 5.92 Å². The standard InChI is InChI=1S/C30H31N3O5/c1-19-11-13-32(14-12-19)21-6-8-22(9-7-21)33-27(25-4-3-16-37-25)26(29(35)30(33)36)28(34)20-5-10-24-23(18-20)31(2)15-17-38-24/h3-10,16,18-19,27,34H,11-15,17H2,1-2H3/b28-26-. The summed E-state index contributed by atoms with van der Waals surface area (Å²) in [6.45, 7) is 5.56. The van der Waals surface area contributed by atoms with Crippen LogP contribution in [-0.4, -0.2) is 50.1 Å². The van der Waals surface area contributed by atoms with Crippen LogP contribution in [0.5, 0.6) is 5.75 Å². The number of piperidine rings is 1. The van der Waals surface area contributed by atoms with Crippen LogP contribution in [-0.2, 0) is 9.59 Å². The third kappa shape index (κ3) is 4.10. The summed E-state index contributed by atoms with van der Waals surface area (Å²) in [7, 11) is 1.95. The van der Waals surface area contributed by atoms with Gasteiger partial charge in [-0.3, -0.25) is 14.5 Å². The van der Waals surface area contributed by atoms with Gasteiger partial charge in [0.15, 0.2) is 0 Å². The zero-order chi connectivity index (χ0) is 26.4. The van der Waals surface area contributed by atoms with E-state index in [2.05, 4.69) is 11.8 Å². The summed E-state index contributed by atoms with van der Waals surface area (Å²) in [5.74, 6) is 0.146. The van der Waals surface area contributed by atoms with Gasteiger partial charge in [-0.15, -0.1) is 0 Å². The molecule has 0 saturated carbocycles. The maximum absolute atomic E-state index is 13.4. The first-order valence-electron chi connectivity index (χ1n) is 13.1. The van der Waals surface area contributed by atoms with Crippen molar-refractivity contribution in [2.45, 2.75) is 25.8 Å². The minimum atomic E-state index is -0.892. The minimum Gasteiger partial charge on any atom is -0.507 e. The molecule has 1 amide bonds. The first kappa shape index (κ1) is 24.2. The third-order valence-corrected chi connectivity index (χ3v) is 7.86. The molecule has 4 heterocycles. The van der Waals surface area contributed by atoms with Crippen LogP contribution >= 0.6 is 0 Å². The second kappa shape index (κ2) is 9.59. The van der Waals surface area contributed by atoms with Gasteiger partial charge < -0.3 is 24.1 Å². The van der Waals surface area contributed by atoms with E-state index < -0.39 is 17.7 Å². The highest BCUT2D eigenvalue weighted by Crippen LogP contribution is 2.43. The molecule has 1 aromatic heterocycles. The van der Waals surface area contributed by atoms with Gasteiger partial charge in [0, 0.05) is 37.1 Å². The summed E-state index contributed by atoms with van der Waals surface area (Å²) < 4.78 is 11.4. The van der Waals surface area contributed by atoms with Crippen LogP contribution in [0.4, 0.5) is 17.1 Å². The Morgan fingerprint density at radius 1 is 0.974 bits per heavy atom. The highest BCUT2D eigenvalue weighted by atomic mass is 16.5. The Hall–Kier alpha value is -4.20. The predicted molar refractivity (Wildman–Crippen MR) is 146 cm³/mol. The van der Waals surface area contributed by atoms with Gasteiger partial charge in [-0.2, -0.15) is 0 Å². The number of anilines is 3. The molecule has 8 heteroatoms. The number of benzene rings is 2. The first-order valence-corrected chi connectivity index (χ1v) is 13.1. The summed E-state index contributed by atoms with van der Waals surface area (Å²) in [4.78, 5) is 32.6. The van der Waals surface area contributed by atoms with E-state index in [4.69, 9.17) is 9.15 Å². The second-order valence-electron chi connectivity index (χ2n) is 10.3. The van der Waals surface area contributed by atoms with Crippen LogP contribution in [0.3, 0.4) is 0 Å². The average Bonchev–Trinajstić information content (AvgIpc) is 3.56. The van der Waals surface area contributed by atoms with E-state index >= 15 is 0 Å². The molecule has 2 fully saturated rings. The molecular weight excluding hydrogens is 482 g/mol. The Morgan fingerprint density at radius 3 is 2.42 bits per heavy atom. The zero-order valence-electron chi connectivity index (χ0n) is 21.6. The molecule has 3 aromatic rings. The number of hydrogen-bond acceptors (Lipinski definition) is 7. The largest absolute Gasteiger partial charge is 0.507 e. The second-order valence-corrected chi connectivity index (χ2v) is 10.3. The predicted octanol–water partition coefficient (Wildman–Crippen LogP) is 4.97. The van der Waals surface area contributed by atoms with Gasteiger partial charge in [-0.05, 0) is 73.4 Å². The Bertz CT molecular complexity index is 1390. The van der Waals surface area contributed by atoms with E-state index in [1.54, 1.807) is 30.3 Å². The van der Waals surface area contributed by atoms with Crippen molar-refractivity contribution in [2.75, 3.05) is 48.0 Å². The van der Waals surface area contributed by atoms with Crippen LogP contribution in [0, 0.1) is 5.92 Å². The number of carbonyl (C=O) groups is 2. The van der Waals surface area contributed by atoms with Crippen molar-refractivity contribution in [3.05, 3.63) is 77.8 Å². The van der Waals surface area contributed by atoms with Crippen molar-refractivity contribution >= 4 is 34.5 Å². The number of ketones is 1. The Labute approximate surface area is 221 Å². The number of hydrogen-bond donors (Lipinski definition) is 1. The fourth-order valence-corrected chi connectivity index (χ4v) is 5.56. The summed E-state index contributed by atoms with van der Waals surface area (Å²) >= 11 is 0. The highest BCUT2D eigenvalue weighted by molar-refractivity contribution is 6.51. The number of nitrogens with zero attached hydrogens (tertiary/aromatic N) is 3. The number of amides is 1. The minimum absolute atomic E-state index is 0.00150. The van der Waals surface area contributed by atoms with Gasteiger partial charge in [0.1, 0.15) is 29.9 Å².